The Hall–Kier alpha value is -1.61. The molecule has 0 aliphatic carbocycles. The van der Waals surface area contributed by atoms with Crippen molar-refractivity contribution in [3.8, 4) is 0 Å². The number of aliphatic hydroxyl groups excluding tert-OH is 1. The Morgan fingerprint density at radius 1 is 0.846 bits per heavy atom. The van der Waals surface area contributed by atoms with Gasteiger partial charge in [-0.15, -0.1) is 52.6 Å². The van der Waals surface area contributed by atoms with Crippen molar-refractivity contribution in [1.82, 2.24) is 0 Å². The largest absolute Gasteiger partial charge is 0.480 e. The summed E-state index contributed by atoms with van der Waals surface area (Å²) in [6.45, 7) is 23.2. The van der Waals surface area contributed by atoms with E-state index >= 15 is 0 Å². The van der Waals surface area contributed by atoms with Crippen LogP contribution in [0.5, 0.6) is 0 Å². The normalized spacial score (nSPS) is 4.08. The molecule has 0 aromatic rings. The summed E-state index contributed by atoms with van der Waals surface area (Å²) in [5, 5.41) is 15.0. The van der Waals surface area contributed by atoms with Crippen LogP contribution >= 0.6 is 0 Å². The van der Waals surface area contributed by atoms with Gasteiger partial charge in [0.05, 0.1) is 0 Å². The van der Waals surface area contributed by atoms with Crippen molar-refractivity contribution < 1.29 is 15.0 Å². The van der Waals surface area contributed by atoms with Crippen molar-refractivity contribution in [2.24, 2.45) is 0 Å². The molecule has 0 heterocycles. The lowest BCUT2D eigenvalue weighted by molar-refractivity contribution is -0.140. The molecule has 0 fully saturated rings. The topological polar surface area (TPSA) is 57.5 Å². The van der Waals surface area contributed by atoms with E-state index < -0.39 is 12.6 Å². The summed E-state index contributed by atoms with van der Waals surface area (Å²) in [5.74, 6) is -1.19. The molecular weight excluding hydrogens is 168 g/mol. The van der Waals surface area contributed by atoms with Crippen molar-refractivity contribution in [2.75, 3.05) is 6.61 Å². The van der Waals surface area contributed by atoms with Gasteiger partial charge in [0.15, 0.2) is 0 Å². The van der Waals surface area contributed by atoms with Crippen LogP contribution in [-0.2, 0) is 4.79 Å². The minimum atomic E-state index is -1.19. The van der Waals surface area contributed by atoms with Crippen LogP contribution in [0.15, 0.2) is 52.6 Å². The first-order valence-corrected chi connectivity index (χ1v) is 3.10. The predicted molar refractivity (Wildman–Crippen MR) is 59.7 cm³/mol. The lowest BCUT2D eigenvalue weighted by Gasteiger charge is -1.72. The second-order valence-electron chi connectivity index (χ2n) is 0.552. The highest BCUT2D eigenvalue weighted by Crippen LogP contribution is 1.48. The fourth-order valence-corrected chi connectivity index (χ4v) is 0. The van der Waals surface area contributed by atoms with Crippen LogP contribution in [0.4, 0.5) is 0 Å². The van der Waals surface area contributed by atoms with E-state index in [9.17, 15) is 0 Å². The summed E-state index contributed by atoms with van der Waals surface area (Å²) in [7, 11) is 0. The van der Waals surface area contributed by atoms with Crippen molar-refractivity contribution in [3.63, 3.8) is 0 Å². The summed E-state index contributed by atoms with van der Waals surface area (Å²) in [6.07, 6.45) is 0. The first-order chi connectivity index (χ1) is 6.27. The van der Waals surface area contributed by atoms with Gasteiger partial charge in [0, 0.05) is 0 Å². The first kappa shape index (κ1) is 30.1. The third kappa shape index (κ3) is 4810. The molecule has 13 heavy (non-hydrogen) atoms. The number of aliphatic hydroxyl groups is 1. The predicted octanol–water partition coefficient (Wildman–Crippen LogP) is 2.27. The molecule has 0 atom stereocenters. The summed E-state index contributed by atoms with van der Waals surface area (Å²) in [5.41, 5.74) is 0. The molecule has 0 spiro atoms. The number of rotatable bonds is 1. The maximum atomic E-state index is 9.12. The molecule has 2 N–H and O–H groups in total. The fourth-order valence-electron chi connectivity index (χ4n) is 0. The van der Waals surface area contributed by atoms with Gasteiger partial charge in [-0.3, -0.25) is 0 Å². The van der Waals surface area contributed by atoms with Crippen molar-refractivity contribution in [3.05, 3.63) is 52.6 Å². The van der Waals surface area contributed by atoms with Gasteiger partial charge < -0.3 is 10.2 Å². The Morgan fingerprint density at radius 2 is 0.923 bits per heavy atom. The van der Waals surface area contributed by atoms with Crippen LogP contribution in [0, 0.1) is 0 Å². The summed E-state index contributed by atoms with van der Waals surface area (Å²) >= 11 is 0. The van der Waals surface area contributed by atoms with E-state index in [0.717, 1.165) is 0 Å². The standard InChI is InChI=1S/C2H4O3.4C2H4/c3-1-2(4)5;4*1-2/h3H,1H2,(H,4,5);4*1-2H2. The van der Waals surface area contributed by atoms with E-state index in [1.807, 2.05) is 0 Å². The summed E-state index contributed by atoms with van der Waals surface area (Å²) in [4.78, 5) is 9.12. The molecule has 0 saturated carbocycles. The molecule has 0 aromatic heterocycles. The minimum Gasteiger partial charge on any atom is -0.480 e. The fraction of sp³-hybridized carbons (Fsp3) is 0.100. The highest BCUT2D eigenvalue weighted by Gasteiger charge is 1.82. The van der Waals surface area contributed by atoms with E-state index in [-0.39, 0.29) is 0 Å². The molecule has 0 amide bonds. The highest BCUT2D eigenvalue weighted by atomic mass is 16.4. The van der Waals surface area contributed by atoms with E-state index in [1.165, 1.54) is 0 Å². The molecule has 0 unspecified atom stereocenters. The number of carboxylic acids is 1. The zero-order chi connectivity index (χ0) is 12.3. The average Bonchev–Trinajstić information content (AvgIpc) is 2.29. The minimum absolute atomic E-state index is 0.778. The van der Waals surface area contributed by atoms with Crippen LogP contribution in [-0.4, -0.2) is 22.8 Å². The third-order valence-corrected chi connectivity index (χ3v) is 0.135. The van der Waals surface area contributed by atoms with E-state index in [2.05, 4.69) is 52.6 Å². The van der Waals surface area contributed by atoms with Gasteiger partial charge in [-0.2, -0.15) is 0 Å². The number of hydrogen-bond acceptors (Lipinski definition) is 2. The van der Waals surface area contributed by atoms with Crippen molar-refractivity contribution >= 4 is 5.97 Å². The van der Waals surface area contributed by atoms with Crippen LogP contribution < -0.4 is 0 Å². The van der Waals surface area contributed by atoms with Crippen molar-refractivity contribution in [2.45, 2.75) is 0 Å². The zero-order valence-electron chi connectivity index (χ0n) is 8.17. The Balaban J connectivity index is -0.0000000230. The Kier molecular flexibility index (Phi) is 372. The lowest BCUT2D eigenvalue weighted by Crippen LogP contribution is -1.98. The highest BCUT2D eigenvalue weighted by molar-refractivity contribution is 5.67. The summed E-state index contributed by atoms with van der Waals surface area (Å²) in [6, 6.07) is 0. The monoisotopic (exact) mass is 188 g/mol. The number of carboxylic acid groups (broad SMARTS) is 1. The number of aliphatic carboxylic acids is 1. The van der Waals surface area contributed by atoms with Crippen LogP contribution in [0.25, 0.3) is 0 Å². The molecule has 78 valence electrons. The van der Waals surface area contributed by atoms with E-state index in [1.54, 1.807) is 0 Å². The molecule has 0 aliphatic heterocycles. The average molecular weight is 188 g/mol. The molecule has 0 aliphatic rings. The Morgan fingerprint density at radius 3 is 0.923 bits per heavy atom. The molecule has 0 saturated heterocycles. The van der Waals surface area contributed by atoms with Gasteiger partial charge in [-0.1, -0.05) is 0 Å². The molecule has 0 bridgehead atoms. The molecule has 0 rings (SSSR count). The number of hydrogen-bond donors (Lipinski definition) is 2. The second kappa shape index (κ2) is 160. The van der Waals surface area contributed by atoms with Gasteiger partial charge in [0.2, 0.25) is 0 Å². The Labute approximate surface area is 81.0 Å². The van der Waals surface area contributed by atoms with Crippen LogP contribution in [0.2, 0.25) is 0 Å². The lowest BCUT2D eigenvalue weighted by atomic mass is 10.8. The first-order valence-electron chi connectivity index (χ1n) is 3.10. The molecule has 0 radical (unpaired) electrons. The molecule has 0 aromatic carbocycles. The quantitative estimate of drug-likeness (QED) is 0.621. The van der Waals surface area contributed by atoms with Crippen LogP contribution in [0.1, 0.15) is 0 Å². The van der Waals surface area contributed by atoms with Crippen LogP contribution in [0.3, 0.4) is 0 Å². The van der Waals surface area contributed by atoms with Gasteiger partial charge in [0.1, 0.15) is 6.61 Å². The molecule has 3 heteroatoms. The molecular formula is C10H20O3. The zero-order valence-corrected chi connectivity index (χ0v) is 8.17. The van der Waals surface area contributed by atoms with Gasteiger partial charge in [-0.05, 0) is 0 Å². The Bertz CT molecular complexity index is 74.2. The van der Waals surface area contributed by atoms with Crippen molar-refractivity contribution in [1.29, 1.82) is 0 Å². The number of carbonyl (C=O) groups is 1. The smallest absolute Gasteiger partial charge is 0.329 e. The maximum Gasteiger partial charge on any atom is 0.329 e. The van der Waals surface area contributed by atoms with E-state index in [0.29, 0.717) is 0 Å². The van der Waals surface area contributed by atoms with E-state index in [4.69, 9.17) is 15.0 Å². The summed E-state index contributed by atoms with van der Waals surface area (Å²) < 4.78 is 0. The third-order valence-electron chi connectivity index (χ3n) is 0.135. The van der Waals surface area contributed by atoms with Gasteiger partial charge in [-0.25, -0.2) is 4.79 Å². The van der Waals surface area contributed by atoms with Gasteiger partial charge >= 0.3 is 5.97 Å². The maximum absolute atomic E-state index is 9.12. The molecule has 3 nitrogen and oxygen atoms in total. The van der Waals surface area contributed by atoms with Gasteiger partial charge in [0.25, 0.3) is 0 Å². The SMILES string of the molecule is C=C.C=C.C=C.C=C.O=C(O)CO. The second-order valence-corrected chi connectivity index (χ2v) is 0.552.